The molecule has 2 aromatic rings. The van der Waals surface area contributed by atoms with Crippen LogP contribution < -0.4 is 0 Å². The van der Waals surface area contributed by atoms with E-state index in [0.717, 1.165) is 11.4 Å². The van der Waals surface area contributed by atoms with Crippen molar-refractivity contribution in [1.82, 2.24) is 19.7 Å². The lowest BCUT2D eigenvalue weighted by Crippen LogP contribution is -2.26. The summed E-state index contributed by atoms with van der Waals surface area (Å²) in [5, 5.41) is 4.27. The molecule has 1 aliphatic carbocycles. The van der Waals surface area contributed by atoms with Crippen molar-refractivity contribution in [3.63, 3.8) is 0 Å². The van der Waals surface area contributed by atoms with E-state index in [1.54, 1.807) is 0 Å². The molecule has 1 saturated carbocycles. The standard InChI is InChI=1S/C17H20F4N4/c1-10-7-11(2)25(24-10)15-9-13(16(18)19)22-14(23-15)8-12-3-5-17(20,21)6-4-12/h7,9,12,16H,3-6,8H2,1-2H3. The lowest BCUT2D eigenvalue weighted by molar-refractivity contribution is -0.0458. The van der Waals surface area contributed by atoms with Gasteiger partial charge in [-0.15, -0.1) is 0 Å². The Morgan fingerprint density at radius 3 is 2.40 bits per heavy atom. The number of nitrogens with zero attached hydrogens (tertiary/aromatic N) is 4. The van der Waals surface area contributed by atoms with Gasteiger partial charge < -0.3 is 0 Å². The topological polar surface area (TPSA) is 43.6 Å². The summed E-state index contributed by atoms with van der Waals surface area (Å²) in [6, 6.07) is 3.05. The molecule has 3 rings (SSSR count). The molecule has 0 saturated heterocycles. The summed E-state index contributed by atoms with van der Waals surface area (Å²) in [5.74, 6) is -2.08. The van der Waals surface area contributed by atoms with Crippen molar-refractivity contribution >= 4 is 0 Å². The van der Waals surface area contributed by atoms with Crippen LogP contribution in [0.15, 0.2) is 12.1 Å². The minimum Gasteiger partial charge on any atom is -0.232 e. The molecule has 0 aromatic carbocycles. The van der Waals surface area contributed by atoms with E-state index in [2.05, 4.69) is 15.1 Å². The molecular weight excluding hydrogens is 336 g/mol. The molecule has 0 bridgehead atoms. The zero-order valence-corrected chi connectivity index (χ0v) is 14.1. The SMILES string of the molecule is Cc1cc(C)n(-c2cc(C(F)F)nc(CC3CCC(F)(F)CC3)n2)n1. The molecule has 1 aliphatic rings. The van der Waals surface area contributed by atoms with Gasteiger partial charge in [0.05, 0.1) is 5.69 Å². The van der Waals surface area contributed by atoms with E-state index in [1.165, 1.54) is 10.7 Å². The fraction of sp³-hybridized carbons (Fsp3) is 0.588. The highest BCUT2D eigenvalue weighted by Gasteiger charge is 2.35. The molecule has 25 heavy (non-hydrogen) atoms. The van der Waals surface area contributed by atoms with Crippen LogP contribution in [0.2, 0.25) is 0 Å². The first kappa shape index (κ1) is 17.8. The van der Waals surface area contributed by atoms with Crippen molar-refractivity contribution in [1.29, 1.82) is 0 Å². The number of halogens is 4. The molecule has 2 aromatic heterocycles. The van der Waals surface area contributed by atoms with Gasteiger partial charge >= 0.3 is 0 Å². The highest BCUT2D eigenvalue weighted by molar-refractivity contribution is 5.28. The van der Waals surface area contributed by atoms with E-state index in [0.29, 0.717) is 19.3 Å². The number of aromatic nitrogens is 4. The Morgan fingerprint density at radius 1 is 1.16 bits per heavy atom. The number of hydrogen-bond donors (Lipinski definition) is 0. The van der Waals surface area contributed by atoms with Crippen LogP contribution in [0.5, 0.6) is 0 Å². The second-order valence-corrected chi connectivity index (χ2v) is 6.71. The quantitative estimate of drug-likeness (QED) is 0.753. The molecule has 0 spiro atoms. The molecule has 0 aliphatic heterocycles. The van der Waals surface area contributed by atoms with Gasteiger partial charge in [-0.3, -0.25) is 0 Å². The van der Waals surface area contributed by atoms with Gasteiger partial charge in [-0.2, -0.15) is 5.10 Å². The third kappa shape index (κ3) is 4.16. The molecule has 136 valence electrons. The monoisotopic (exact) mass is 356 g/mol. The van der Waals surface area contributed by atoms with E-state index < -0.39 is 12.3 Å². The van der Waals surface area contributed by atoms with Crippen LogP contribution in [0.3, 0.4) is 0 Å². The molecule has 2 heterocycles. The Bertz CT molecular complexity index is 747. The van der Waals surface area contributed by atoms with Crippen LogP contribution in [-0.2, 0) is 6.42 Å². The highest BCUT2D eigenvalue weighted by atomic mass is 19.3. The molecule has 0 N–H and O–H groups in total. The molecule has 0 unspecified atom stereocenters. The van der Waals surface area contributed by atoms with Gasteiger partial charge in [0.2, 0.25) is 5.92 Å². The Balaban J connectivity index is 1.87. The van der Waals surface area contributed by atoms with Gasteiger partial charge in [0.1, 0.15) is 11.5 Å². The molecule has 1 fully saturated rings. The number of hydrogen-bond acceptors (Lipinski definition) is 3. The predicted molar refractivity (Wildman–Crippen MR) is 84.2 cm³/mol. The smallest absolute Gasteiger partial charge is 0.232 e. The highest BCUT2D eigenvalue weighted by Crippen LogP contribution is 2.37. The largest absolute Gasteiger partial charge is 0.280 e. The Labute approximate surface area is 143 Å². The number of aryl methyl sites for hydroxylation is 2. The van der Waals surface area contributed by atoms with Crippen LogP contribution in [0.25, 0.3) is 5.82 Å². The van der Waals surface area contributed by atoms with Crippen LogP contribution in [0.4, 0.5) is 17.6 Å². The summed E-state index contributed by atoms with van der Waals surface area (Å²) in [7, 11) is 0. The number of alkyl halides is 4. The van der Waals surface area contributed by atoms with Crippen molar-refractivity contribution in [3.8, 4) is 5.82 Å². The maximum absolute atomic E-state index is 13.3. The maximum Gasteiger partial charge on any atom is 0.280 e. The lowest BCUT2D eigenvalue weighted by Gasteiger charge is -2.27. The van der Waals surface area contributed by atoms with Crippen molar-refractivity contribution in [2.45, 2.75) is 58.3 Å². The van der Waals surface area contributed by atoms with Gasteiger partial charge in [-0.1, -0.05) is 0 Å². The third-order valence-corrected chi connectivity index (χ3v) is 4.54. The molecular formula is C17H20F4N4. The fourth-order valence-electron chi connectivity index (χ4n) is 3.24. The van der Waals surface area contributed by atoms with Gasteiger partial charge in [-0.05, 0) is 38.7 Å². The third-order valence-electron chi connectivity index (χ3n) is 4.54. The summed E-state index contributed by atoms with van der Waals surface area (Å²) < 4.78 is 54.5. The minimum absolute atomic E-state index is 0.0131. The van der Waals surface area contributed by atoms with Crippen molar-refractivity contribution in [2.24, 2.45) is 5.92 Å². The van der Waals surface area contributed by atoms with E-state index in [-0.39, 0.29) is 36.1 Å². The molecule has 0 radical (unpaired) electrons. The maximum atomic E-state index is 13.3. The lowest BCUT2D eigenvalue weighted by atomic mass is 9.84. The Hall–Kier alpha value is -1.99. The van der Waals surface area contributed by atoms with E-state index in [9.17, 15) is 17.6 Å². The summed E-state index contributed by atoms with van der Waals surface area (Å²) >= 11 is 0. The zero-order chi connectivity index (χ0) is 18.2. The summed E-state index contributed by atoms with van der Waals surface area (Å²) in [4.78, 5) is 8.29. The minimum atomic E-state index is -2.73. The average Bonchev–Trinajstić information content (AvgIpc) is 2.88. The normalized spacial score (nSPS) is 18.0. The van der Waals surface area contributed by atoms with Crippen molar-refractivity contribution in [3.05, 3.63) is 35.0 Å². The van der Waals surface area contributed by atoms with E-state index in [4.69, 9.17) is 0 Å². The van der Waals surface area contributed by atoms with E-state index >= 15 is 0 Å². The van der Waals surface area contributed by atoms with Crippen LogP contribution in [-0.4, -0.2) is 25.7 Å². The second kappa shape index (κ2) is 6.72. The molecule has 4 nitrogen and oxygen atoms in total. The first-order valence-corrected chi connectivity index (χ1v) is 8.31. The van der Waals surface area contributed by atoms with Crippen LogP contribution in [0, 0.1) is 19.8 Å². The van der Waals surface area contributed by atoms with Crippen LogP contribution in [0.1, 0.15) is 55.0 Å². The Morgan fingerprint density at radius 2 is 1.84 bits per heavy atom. The fourth-order valence-corrected chi connectivity index (χ4v) is 3.24. The summed E-state index contributed by atoms with van der Waals surface area (Å²) in [5.41, 5.74) is 1.17. The van der Waals surface area contributed by atoms with Crippen molar-refractivity contribution < 1.29 is 17.6 Å². The first-order valence-electron chi connectivity index (χ1n) is 8.31. The number of rotatable bonds is 4. The predicted octanol–water partition coefficient (Wildman–Crippen LogP) is 4.58. The first-order chi connectivity index (χ1) is 11.7. The van der Waals surface area contributed by atoms with Crippen LogP contribution >= 0.6 is 0 Å². The van der Waals surface area contributed by atoms with Crippen molar-refractivity contribution in [2.75, 3.05) is 0 Å². The van der Waals surface area contributed by atoms with Gasteiger partial charge in [0, 0.05) is 31.0 Å². The van der Waals surface area contributed by atoms with E-state index in [1.807, 2.05) is 19.9 Å². The second-order valence-electron chi connectivity index (χ2n) is 6.71. The van der Waals surface area contributed by atoms with Gasteiger partial charge in [0.25, 0.3) is 6.43 Å². The summed E-state index contributed by atoms with van der Waals surface area (Å²) in [6.45, 7) is 3.62. The molecule has 0 amide bonds. The zero-order valence-electron chi connectivity index (χ0n) is 14.1. The van der Waals surface area contributed by atoms with Gasteiger partial charge in [-0.25, -0.2) is 32.2 Å². The molecule has 0 atom stereocenters. The summed E-state index contributed by atoms with van der Waals surface area (Å²) in [6.07, 6.45) is -2.04. The average molecular weight is 356 g/mol. The Kier molecular flexibility index (Phi) is 4.79. The van der Waals surface area contributed by atoms with Gasteiger partial charge in [0.15, 0.2) is 5.82 Å². The molecule has 8 heteroatoms.